The SMILES string of the molecule is CCOC(=O)Cn1c(C)cc2c1CCCC2. The van der Waals surface area contributed by atoms with Gasteiger partial charge in [0.25, 0.3) is 0 Å². The van der Waals surface area contributed by atoms with Gasteiger partial charge in [0.05, 0.1) is 6.61 Å². The first-order chi connectivity index (χ1) is 7.72. The van der Waals surface area contributed by atoms with E-state index in [0.717, 1.165) is 12.8 Å². The number of carbonyl (C=O) groups excluding carboxylic acids is 1. The van der Waals surface area contributed by atoms with E-state index in [1.165, 1.54) is 29.8 Å². The van der Waals surface area contributed by atoms with Gasteiger partial charge in [0.15, 0.2) is 0 Å². The summed E-state index contributed by atoms with van der Waals surface area (Å²) in [5, 5.41) is 0. The molecule has 0 atom stereocenters. The first kappa shape index (κ1) is 11.2. The number of carbonyl (C=O) groups is 1. The molecule has 1 aliphatic carbocycles. The van der Waals surface area contributed by atoms with Crippen LogP contribution in [0.15, 0.2) is 6.07 Å². The maximum atomic E-state index is 11.5. The number of esters is 1. The highest BCUT2D eigenvalue weighted by molar-refractivity contribution is 5.69. The lowest BCUT2D eigenvalue weighted by Gasteiger charge is -2.15. The predicted octanol–water partition coefficient (Wildman–Crippen LogP) is 2.24. The van der Waals surface area contributed by atoms with Crippen molar-refractivity contribution in [2.75, 3.05) is 6.61 Å². The molecule has 2 rings (SSSR count). The molecule has 1 aromatic rings. The largest absolute Gasteiger partial charge is 0.465 e. The Morgan fingerprint density at radius 3 is 2.94 bits per heavy atom. The van der Waals surface area contributed by atoms with Gasteiger partial charge in [0.2, 0.25) is 0 Å². The fourth-order valence-corrected chi connectivity index (χ4v) is 2.48. The normalized spacial score (nSPS) is 14.6. The lowest BCUT2D eigenvalue weighted by Crippen LogP contribution is -2.17. The molecular weight excluding hydrogens is 202 g/mol. The molecule has 1 aromatic heterocycles. The minimum atomic E-state index is -0.130. The Morgan fingerprint density at radius 2 is 2.19 bits per heavy atom. The minimum absolute atomic E-state index is 0.130. The summed E-state index contributed by atoms with van der Waals surface area (Å²) in [6, 6.07) is 2.22. The smallest absolute Gasteiger partial charge is 0.325 e. The van der Waals surface area contributed by atoms with E-state index < -0.39 is 0 Å². The molecule has 1 aliphatic rings. The number of aryl methyl sites for hydroxylation is 2. The molecule has 0 aromatic carbocycles. The standard InChI is InChI=1S/C13H19NO2/c1-3-16-13(15)9-14-10(2)8-11-6-4-5-7-12(11)14/h8H,3-7,9H2,1-2H3. The van der Waals surface area contributed by atoms with Crippen molar-refractivity contribution in [1.29, 1.82) is 0 Å². The molecule has 0 N–H and O–H groups in total. The van der Waals surface area contributed by atoms with Gasteiger partial charge in [-0.15, -0.1) is 0 Å². The summed E-state index contributed by atoms with van der Waals surface area (Å²) in [5.41, 5.74) is 3.95. The summed E-state index contributed by atoms with van der Waals surface area (Å²) in [4.78, 5) is 11.5. The number of ether oxygens (including phenoxy) is 1. The van der Waals surface area contributed by atoms with E-state index in [9.17, 15) is 4.79 Å². The van der Waals surface area contributed by atoms with E-state index in [1.54, 1.807) is 0 Å². The van der Waals surface area contributed by atoms with Gasteiger partial charge >= 0.3 is 5.97 Å². The summed E-state index contributed by atoms with van der Waals surface area (Å²) in [7, 11) is 0. The van der Waals surface area contributed by atoms with Crippen LogP contribution in [0.5, 0.6) is 0 Å². The summed E-state index contributed by atoms with van der Waals surface area (Å²) < 4.78 is 7.12. The molecule has 3 nitrogen and oxygen atoms in total. The minimum Gasteiger partial charge on any atom is -0.465 e. The molecule has 0 radical (unpaired) electrons. The van der Waals surface area contributed by atoms with Crippen molar-refractivity contribution in [3.8, 4) is 0 Å². The second kappa shape index (κ2) is 4.73. The Bertz CT molecular complexity index is 393. The molecule has 3 heteroatoms. The monoisotopic (exact) mass is 221 g/mol. The Hall–Kier alpha value is -1.25. The van der Waals surface area contributed by atoms with E-state index in [1.807, 2.05) is 6.92 Å². The molecular formula is C13H19NO2. The third-order valence-electron chi connectivity index (χ3n) is 3.21. The number of aromatic nitrogens is 1. The van der Waals surface area contributed by atoms with Gasteiger partial charge < -0.3 is 9.30 Å². The van der Waals surface area contributed by atoms with Crippen LogP contribution in [0.25, 0.3) is 0 Å². The predicted molar refractivity (Wildman–Crippen MR) is 62.4 cm³/mol. The van der Waals surface area contributed by atoms with Crippen LogP contribution in [0.2, 0.25) is 0 Å². The Kier molecular flexibility index (Phi) is 3.32. The molecule has 88 valence electrons. The zero-order valence-electron chi connectivity index (χ0n) is 10.1. The van der Waals surface area contributed by atoms with Crippen LogP contribution in [0.1, 0.15) is 36.7 Å². The van der Waals surface area contributed by atoms with Crippen LogP contribution in [-0.4, -0.2) is 17.1 Å². The average molecular weight is 221 g/mol. The van der Waals surface area contributed by atoms with Crippen LogP contribution in [-0.2, 0) is 28.9 Å². The Balaban J connectivity index is 2.19. The molecule has 0 aliphatic heterocycles. The second-order valence-electron chi connectivity index (χ2n) is 4.36. The van der Waals surface area contributed by atoms with Gasteiger partial charge in [-0.3, -0.25) is 4.79 Å². The molecule has 0 spiro atoms. The van der Waals surface area contributed by atoms with Crippen LogP contribution in [0.3, 0.4) is 0 Å². The first-order valence-corrected chi connectivity index (χ1v) is 6.06. The van der Waals surface area contributed by atoms with Crippen molar-refractivity contribution in [3.05, 3.63) is 23.0 Å². The molecule has 0 unspecified atom stereocenters. The average Bonchev–Trinajstić information content (AvgIpc) is 2.56. The van der Waals surface area contributed by atoms with E-state index in [4.69, 9.17) is 4.74 Å². The first-order valence-electron chi connectivity index (χ1n) is 6.06. The molecule has 0 bridgehead atoms. The third kappa shape index (κ3) is 2.13. The highest BCUT2D eigenvalue weighted by atomic mass is 16.5. The number of rotatable bonds is 3. The summed E-state index contributed by atoms with van der Waals surface area (Å²) in [5.74, 6) is -0.130. The lowest BCUT2D eigenvalue weighted by atomic mass is 9.98. The van der Waals surface area contributed by atoms with Crippen molar-refractivity contribution < 1.29 is 9.53 Å². The second-order valence-corrected chi connectivity index (χ2v) is 4.36. The molecule has 0 fully saturated rings. The van der Waals surface area contributed by atoms with Gasteiger partial charge in [0, 0.05) is 11.4 Å². The van der Waals surface area contributed by atoms with Crippen molar-refractivity contribution in [2.24, 2.45) is 0 Å². The molecule has 0 saturated heterocycles. The zero-order chi connectivity index (χ0) is 11.5. The van der Waals surface area contributed by atoms with Crippen molar-refractivity contribution in [1.82, 2.24) is 4.57 Å². The van der Waals surface area contributed by atoms with Crippen molar-refractivity contribution in [3.63, 3.8) is 0 Å². The van der Waals surface area contributed by atoms with E-state index >= 15 is 0 Å². The zero-order valence-corrected chi connectivity index (χ0v) is 10.1. The Labute approximate surface area is 96.4 Å². The van der Waals surface area contributed by atoms with Crippen LogP contribution in [0, 0.1) is 6.92 Å². The fraction of sp³-hybridized carbons (Fsp3) is 0.615. The van der Waals surface area contributed by atoms with Gasteiger partial charge in [-0.05, 0) is 51.2 Å². The molecule has 1 heterocycles. The van der Waals surface area contributed by atoms with E-state index in [2.05, 4.69) is 17.6 Å². The van der Waals surface area contributed by atoms with Crippen LogP contribution >= 0.6 is 0 Å². The van der Waals surface area contributed by atoms with E-state index in [0.29, 0.717) is 13.2 Å². The van der Waals surface area contributed by atoms with Gasteiger partial charge in [-0.2, -0.15) is 0 Å². The van der Waals surface area contributed by atoms with Crippen molar-refractivity contribution >= 4 is 5.97 Å². The van der Waals surface area contributed by atoms with Gasteiger partial charge in [-0.25, -0.2) is 0 Å². The summed E-state index contributed by atoms with van der Waals surface area (Å²) in [6.07, 6.45) is 4.77. The molecule has 16 heavy (non-hydrogen) atoms. The Morgan fingerprint density at radius 1 is 1.44 bits per heavy atom. The van der Waals surface area contributed by atoms with Crippen LogP contribution in [0.4, 0.5) is 0 Å². The van der Waals surface area contributed by atoms with Gasteiger partial charge in [0.1, 0.15) is 6.54 Å². The number of hydrogen-bond acceptors (Lipinski definition) is 2. The van der Waals surface area contributed by atoms with Gasteiger partial charge in [-0.1, -0.05) is 0 Å². The topological polar surface area (TPSA) is 31.2 Å². The molecule has 0 amide bonds. The summed E-state index contributed by atoms with van der Waals surface area (Å²) in [6.45, 7) is 4.74. The quantitative estimate of drug-likeness (QED) is 0.733. The lowest BCUT2D eigenvalue weighted by molar-refractivity contribution is -0.143. The maximum absolute atomic E-state index is 11.5. The fourth-order valence-electron chi connectivity index (χ4n) is 2.48. The van der Waals surface area contributed by atoms with Crippen molar-refractivity contribution in [2.45, 2.75) is 46.1 Å². The maximum Gasteiger partial charge on any atom is 0.325 e. The number of nitrogens with zero attached hydrogens (tertiary/aromatic N) is 1. The summed E-state index contributed by atoms with van der Waals surface area (Å²) >= 11 is 0. The highest BCUT2D eigenvalue weighted by Gasteiger charge is 2.17. The highest BCUT2D eigenvalue weighted by Crippen LogP contribution is 2.24. The third-order valence-corrected chi connectivity index (χ3v) is 3.21. The van der Waals surface area contributed by atoms with E-state index in [-0.39, 0.29) is 5.97 Å². The van der Waals surface area contributed by atoms with Crippen LogP contribution < -0.4 is 0 Å². The number of fused-ring (bicyclic) bond motifs is 1. The number of hydrogen-bond donors (Lipinski definition) is 0. The molecule has 0 saturated carbocycles.